The number of likely N-dealkylation sites (tertiary alicyclic amines) is 1. The largest absolute Gasteiger partial charge is 0.504 e. The molecule has 1 spiro atoms. The van der Waals surface area contributed by atoms with Crippen LogP contribution >= 0.6 is 0 Å². The standard InChI is InChI=1S/C26H42N2O6Si/c1-24(2,3)34-23(31)27-19-13-20(29)21(32-7)12-18(19)22(30)28-16-26(10-11-26)14-17(28)15-33-35(8,9)25(4,5)6/h12-13,17,29H,10-11,14-16H2,1-9H3,(H,27,31)/t17-/m0/s1. The maximum absolute atomic E-state index is 13.9. The summed E-state index contributed by atoms with van der Waals surface area (Å²) in [5.74, 6) is -0.229. The maximum Gasteiger partial charge on any atom is 0.412 e. The molecule has 9 heteroatoms. The predicted octanol–water partition coefficient (Wildman–Crippen LogP) is 5.76. The highest BCUT2D eigenvalue weighted by molar-refractivity contribution is 6.74. The van der Waals surface area contributed by atoms with E-state index in [1.54, 1.807) is 20.8 Å². The molecule has 0 aromatic heterocycles. The van der Waals surface area contributed by atoms with E-state index in [0.29, 0.717) is 13.2 Å². The third kappa shape index (κ3) is 6.30. The van der Waals surface area contributed by atoms with Gasteiger partial charge in [0.15, 0.2) is 19.8 Å². The topological polar surface area (TPSA) is 97.3 Å². The number of methoxy groups -OCH3 is 1. The van der Waals surface area contributed by atoms with Crippen molar-refractivity contribution in [2.24, 2.45) is 5.41 Å². The molecule has 3 rings (SSSR count). The molecule has 2 amide bonds. The number of nitrogens with one attached hydrogen (secondary N) is 1. The van der Waals surface area contributed by atoms with Gasteiger partial charge in [-0.05, 0) is 69.6 Å². The Labute approximate surface area is 210 Å². The number of rotatable bonds is 6. The van der Waals surface area contributed by atoms with Gasteiger partial charge < -0.3 is 23.9 Å². The Morgan fingerprint density at radius 1 is 1.17 bits per heavy atom. The van der Waals surface area contributed by atoms with Gasteiger partial charge in [-0.3, -0.25) is 10.1 Å². The average molecular weight is 507 g/mol. The third-order valence-electron chi connectivity index (χ3n) is 7.46. The van der Waals surface area contributed by atoms with Crippen molar-refractivity contribution in [3.63, 3.8) is 0 Å². The molecule has 8 nitrogen and oxygen atoms in total. The highest BCUT2D eigenvalue weighted by atomic mass is 28.4. The number of benzene rings is 1. The summed E-state index contributed by atoms with van der Waals surface area (Å²) in [5.41, 5.74) is -0.108. The number of hydrogen-bond acceptors (Lipinski definition) is 6. The molecule has 1 saturated heterocycles. The van der Waals surface area contributed by atoms with E-state index in [9.17, 15) is 14.7 Å². The number of carbonyl (C=O) groups is 2. The second-order valence-corrected chi connectivity index (χ2v) is 17.4. The van der Waals surface area contributed by atoms with Crippen molar-refractivity contribution in [1.82, 2.24) is 4.90 Å². The molecule has 2 N–H and O–H groups in total. The second kappa shape index (κ2) is 9.31. The Kier molecular flexibility index (Phi) is 7.27. The number of hydrogen-bond donors (Lipinski definition) is 2. The molecule has 0 radical (unpaired) electrons. The van der Waals surface area contributed by atoms with Crippen LogP contribution in [0.15, 0.2) is 12.1 Å². The number of anilines is 1. The van der Waals surface area contributed by atoms with Crippen LogP contribution in [-0.4, -0.2) is 62.2 Å². The van der Waals surface area contributed by atoms with Crippen LogP contribution in [0, 0.1) is 5.41 Å². The first-order chi connectivity index (χ1) is 16.0. The number of amides is 2. The number of aromatic hydroxyl groups is 1. The zero-order chi connectivity index (χ0) is 26.4. The van der Waals surface area contributed by atoms with E-state index in [1.165, 1.54) is 19.2 Å². The molecular weight excluding hydrogens is 464 g/mol. The van der Waals surface area contributed by atoms with Crippen LogP contribution in [0.5, 0.6) is 11.5 Å². The average Bonchev–Trinajstić information content (AvgIpc) is 3.35. The fourth-order valence-electron chi connectivity index (χ4n) is 4.19. The number of nitrogens with zero attached hydrogens (tertiary/aromatic N) is 1. The van der Waals surface area contributed by atoms with Crippen LogP contribution in [0.3, 0.4) is 0 Å². The van der Waals surface area contributed by atoms with Gasteiger partial charge >= 0.3 is 6.09 Å². The number of carbonyl (C=O) groups excluding carboxylic acids is 2. The lowest BCUT2D eigenvalue weighted by Gasteiger charge is -2.38. The molecule has 196 valence electrons. The lowest BCUT2D eigenvalue weighted by Crippen LogP contribution is -2.46. The first-order valence-corrected chi connectivity index (χ1v) is 15.2. The van der Waals surface area contributed by atoms with Crippen molar-refractivity contribution in [2.45, 2.75) is 90.6 Å². The van der Waals surface area contributed by atoms with Crippen LogP contribution in [0.2, 0.25) is 18.1 Å². The summed E-state index contributed by atoms with van der Waals surface area (Å²) in [6.07, 6.45) is 2.43. The molecule has 0 unspecified atom stereocenters. The zero-order valence-electron chi connectivity index (χ0n) is 22.7. The predicted molar refractivity (Wildman–Crippen MR) is 139 cm³/mol. The van der Waals surface area contributed by atoms with E-state index < -0.39 is 20.0 Å². The summed E-state index contributed by atoms with van der Waals surface area (Å²) < 4.78 is 17.2. The molecule has 1 aromatic rings. The summed E-state index contributed by atoms with van der Waals surface area (Å²) in [6.45, 7) is 17.5. The van der Waals surface area contributed by atoms with E-state index >= 15 is 0 Å². The lowest BCUT2D eigenvalue weighted by atomic mass is 10.0. The van der Waals surface area contributed by atoms with Crippen LogP contribution in [0.1, 0.15) is 71.2 Å². The van der Waals surface area contributed by atoms with E-state index in [4.69, 9.17) is 13.9 Å². The monoisotopic (exact) mass is 506 g/mol. The van der Waals surface area contributed by atoms with Gasteiger partial charge in [0.1, 0.15) is 5.60 Å². The molecule has 2 fully saturated rings. The van der Waals surface area contributed by atoms with E-state index in [2.05, 4.69) is 39.2 Å². The summed E-state index contributed by atoms with van der Waals surface area (Å²) in [5, 5.41) is 13.1. The number of phenolic OH excluding ortho intramolecular Hbond substituents is 1. The quantitative estimate of drug-likeness (QED) is 0.476. The molecule has 1 aliphatic carbocycles. The Morgan fingerprint density at radius 2 is 1.80 bits per heavy atom. The third-order valence-corrected chi connectivity index (χ3v) is 12.0. The van der Waals surface area contributed by atoms with Crippen molar-refractivity contribution in [3.8, 4) is 11.5 Å². The van der Waals surface area contributed by atoms with Crippen LogP contribution < -0.4 is 10.1 Å². The van der Waals surface area contributed by atoms with E-state index in [1.807, 2.05) is 4.90 Å². The highest BCUT2D eigenvalue weighted by Gasteiger charge is 2.54. The first-order valence-electron chi connectivity index (χ1n) is 12.3. The van der Waals surface area contributed by atoms with Crippen molar-refractivity contribution in [2.75, 3.05) is 25.6 Å². The molecule has 1 atom stereocenters. The van der Waals surface area contributed by atoms with Crippen molar-refractivity contribution < 1.29 is 28.6 Å². The minimum absolute atomic E-state index is 0.0479. The SMILES string of the molecule is COc1cc(C(=O)N2CC3(CC3)C[C@H]2CO[Si](C)(C)C(C)(C)C)c(NC(=O)OC(C)(C)C)cc1O. The van der Waals surface area contributed by atoms with Gasteiger partial charge in [-0.2, -0.15) is 0 Å². The smallest absolute Gasteiger partial charge is 0.412 e. The fraction of sp³-hybridized carbons (Fsp3) is 0.692. The fourth-order valence-corrected chi connectivity index (χ4v) is 5.23. The van der Waals surface area contributed by atoms with Crippen LogP contribution in [0.4, 0.5) is 10.5 Å². The maximum atomic E-state index is 13.9. The lowest BCUT2D eigenvalue weighted by molar-refractivity contribution is 0.0635. The molecule has 2 aliphatic rings. The molecule has 1 aromatic carbocycles. The van der Waals surface area contributed by atoms with Gasteiger partial charge in [0.05, 0.1) is 31.0 Å². The first kappa shape index (κ1) is 27.3. The van der Waals surface area contributed by atoms with Gasteiger partial charge in [-0.1, -0.05) is 20.8 Å². The highest BCUT2D eigenvalue weighted by Crippen LogP contribution is 2.55. The van der Waals surface area contributed by atoms with E-state index in [-0.39, 0.29) is 45.2 Å². The minimum Gasteiger partial charge on any atom is -0.504 e. The normalized spacial score (nSPS) is 19.6. The number of ether oxygens (including phenoxy) is 2. The molecule has 1 aliphatic heterocycles. The van der Waals surface area contributed by atoms with Crippen molar-refractivity contribution in [3.05, 3.63) is 17.7 Å². The van der Waals surface area contributed by atoms with Gasteiger partial charge in [0, 0.05) is 12.6 Å². The molecule has 1 saturated carbocycles. The van der Waals surface area contributed by atoms with Crippen LogP contribution in [0.25, 0.3) is 0 Å². The van der Waals surface area contributed by atoms with Crippen molar-refractivity contribution >= 4 is 26.0 Å². The Balaban J connectivity index is 1.89. The second-order valence-electron chi connectivity index (χ2n) is 12.6. The van der Waals surface area contributed by atoms with Gasteiger partial charge in [-0.15, -0.1) is 0 Å². The van der Waals surface area contributed by atoms with Crippen molar-refractivity contribution in [1.29, 1.82) is 0 Å². The Bertz CT molecular complexity index is 975. The Hall–Kier alpha value is -2.26. The Morgan fingerprint density at radius 3 is 2.31 bits per heavy atom. The summed E-state index contributed by atoms with van der Waals surface area (Å²) in [4.78, 5) is 28.3. The molecule has 0 bridgehead atoms. The molecule has 35 heavy (non-hydrogen) atoms. The van der Waals surface area contributed by atoms with Crippen LogP contribution in [-0.2, 0) is 9.16 Å². The number of phenols is 1. The molecule has 1 heterocycles. The summed E-state index contributed by atoms with van der Waals surface area (Å²) in [6, 6.07) is 2.77. The van der Waals surface area contributed by atoms with Gasteiger partial charge in [-0.25, -0.2) is 4.79 Å². The minimum atomic E-state index is -1.98. The summed E-state index contributed by atoms with van der Waals surface area (Å²) >= 11 is 0. The van der Waals surface area contributed by atoms with E-state index in [0.717, 1.165) is 19.3 Å². The van der Waals surface area contributed by atoms with Gasteiger partial charge in [0.2, 0.25) is 0 Å². The van der Waals surface area contributed by atoms with Gasteiger partial charge in [0.25, 0.3) is 5.91 Å². The zero-order valence-corrected chi connectivity index (χ0v) is 23.7. The molecular formula is C26H42N2O6Si. The summed E-state index contributed by atoms with van der Waals surface area (Å²) in [7, 11) is -0.559.